The van der Waals surface area contributed by atoms with Gasteiger partial charge < -0.3 is 0 Å². The summed E-state index contributed by atoms with van der Waals surface area (Å²) in [7, 11) is 0. The van der Waals surface area contributed by atoms with Gasteiger partial charge in [0.15, 0.2) is 16.6 Å². The van der Waals surface area contributed by atoms with Gasteiger partial charge in [-0.15, -0.1) is 16.7 Å². The molecule has 0 aliphatic heterocycles. The molecule has 0 saturated heterocycles. The lowest BCUT2D eigenvalue weighted by molar-refractivity contribution is 0.808. The average molecular weight is 281 g/mol. The molecule has 0 spiro atoms. The zero-order valence-corrected chi connectivity index (χ0v) is 10.5. The molecule has 0 aliphatic rings. The number of para-hydroxylation sites is 1. The Balaban J connectivity index is 2.56. The van der Waals surface area contributed by atoms with E-state index >= 15 is 0 Å². The van der Waals surface area contributed by atoms with E-state index in [1.165, 1.54) is 0 Å². The minimum Gasteiger partial charge on any atom is -0.267 e. The molecule has 0 bridgehead atoms. The van der Waals surface area contributed by atoms with Crippen molar-refractivity contribution in [2.45, 2.75) is 5.88 Å². The average Bonchev–Trinajstić information content (AvgIpc) is 2.40. The third-order valence-corrected chi connectivity index (χ3v) is 2.99. The Morgan fingerprint density at radius 2 is 2.00 bits per heavy atom. The molecule has 3 aromatic rings. The summed E-state index contributed by atoms with van der Waals surface area (Å²) in [4.78, 5) is 20.5. The summed E-state index contributed by atoms with van der Waals surface area (Å²) in [6.45, 7) is 0. The Bertz CT molecular complexity index is 815. The van der Waals surface area contributed by atoms with Crippen molar-refractivity contribution in [3.63, 3.8) is 0 Å². The second-order valence-electron chi connectivity index (χ2n) is 3.62. The van der Waals surface area contributed by atoms with Gasteiger partial charge in [-0.25, -0.2) is 9.97 Å². The molecule has 0 N–H and O–H groups in total. The minimum atomic E-state index is -0.286. The van der Waals surface area contributed by atoms with Gasteiger partial charge in [-0.1, -0.05) is 23.7 Å². The predicted molar refractivity (Wildman–Crippen MR) is 69.1 cm³/mol. The van der Waals surface area contributed by atoms with Crippen molar-refractivity contribution in [2.75, 3.05) is 0 Å². The van der Waals surface area contributed by atoms with Crippen LogP contribution in [-0.4, -0.2) is 19.6 Å². The Morgan fingerprint density at radius 1 is 1.22 bits per heavy atom. The van der Waals surface area contributed by atoms with Crippen molar-refractivity contribution in [3.8, 4) is 0 Å². The first kappa shape index (κ1) is 11.4. The molecule has 0 unspecified atom stereocenters. The molecule has 90 valence electrons. The van der Waals surface area contributed by atoms with Crippen LogP contribution in [0.25, 0.3) is 16.6 Å². The van der Waals surface area contributed by atoms with Crippen molar-refractivity contribution >= 4 is 39.8 Å². The van der Waals surface area contributed by atoms with Gasteiger partial charge >= 0.3 is 0 Å². The number of hydrogen-bond acceptors (Lipinski definition) is 4. The number of hydrogen-bond donors (Lipinski definition) is 0. The zero-order chi connectivity index (χ0) is 12.7. The maximum absolute atomic E-state index is 12.2. The largest absolute Gasteiger partial charge is 0.282 e. The lowest BCUT2D eigenvalue weighted by Crippen LogP contribution is -2.20. The van der Waals surface area contributed by atoms with Gasteiger partial charge in [-0.3, -0.25) is 4.79 Å². The van der Waals surface area contributed by atoms with Crippen molar-refractivity contribution in [2.24, 2.45) is 0 Å². The van der Waals surface area contributed by atoms with E-state index in [4.69, 9.17) is 23.2 Å². The van der Waals surface area contributed by atoms with Crippen LogP contribution in [0.2, 0.25) is 5.15 Å². The Morgan fingerprint density at radius 3 is 2.78 bits per heavy atom. The first-order chi connectivity index (χ1) is 8.70. The first-order valence-electron chi connectivity index (χ1n) is 5.11. The van der Waals surface area contributed by atoms with Gasteiger partial charge in [0.25, 0.3) is 5.56 Å². The standard InChI is InChI=1S/C11H6Cl2N4O/c12-5-8-15-9(13)10-14-7-4-2-1-3-6(7)11(18)17(10)16-8/h1-4H,5H2. The van der Waals surface area contributed by atoms with Crippen LogP contribution in [0.5, 0.6) is 0 Å². The SMILES string of the molecule is O=c1c2ccccc2nc2c(Cl)nc(CCl)nn12. The second kappa shape index (κ2) is 4.19. The molecule has 18 heavy (non-hydrogen) atoms. The molecule has 2 heterocycles. The molecule has 0 radical (unpaired) electrons. The lowest BCUT2D eigenvalue weighted by Gasteiger charge is -2.04. The third-order valence-electron chi connectivity index (χ3n) is 2.50. The van der Waals surface area contributed by atoms with Crippen LogP contribution in [0.3, 0.4) is 0 Å². The Hall–Kier alpha value is -1.72. The van der Waals surface area contributed by atoms with Crippen LogP contribution in [0.4, 0.5) is 0 Å². The molecule has 0 atom stereocenters. The van der Waals surface area contributed by atoms with E-state index in [-0.39, 0.29) is 28.1 Å². The summed E-state index contributed by atoms with van der Waals surface area (Å²) in [6.07, 6.45) is 0. The fourth-order valence-electron chi connectivity index (χ4n) is 1.71. The molecule has 1 aromatic carbocycles. The second-order valence-corrected chi connectivity index (χ2v) is 4.25. The normalized spacial score (nSPS) is 11.2. The number of halogens is 2. The van der Waals surface area contributed by atoms with Crippen molar-refractivity contribution in [1.29, 1.82) is 0 Å². The van der Waals surface area contributed by atoms with E-state index in [9.17, 15) is 4.79 Å². The summed E-state index contributed by atoms with van der Waals surface area (Å²) in [6, 6.07) is 6.99. The van der Waals surface area contributed by atoms with Gasteiger partial charge in [0.2, 0.25) is 0 Å². The highest BCUT2D eigenvalue weighted by Gasteiger charge is 2.11. The van der Waals surface area contributed by atoms with Gasteiger partial charge in [0.05, 0.1) is 16.8 Å². The van der Waals surface area contributed by atoms with Gasteiger partial charge in [0.1, 0.15) is 0 Å². The van der Waals surface area contributed by atoms with Gasteiger partial charge in [-0.2, -0.15) is 4.52 Å². The van der Waals surface area contributed by atoms with Crippen LogP contribution in [0, 0.1) is 0 Å². The Labute approximate surface area is 111 Å². The third kappa shape index (κ3) is 1.63. The predicted octanol–water partition coefficient (Wildman–Crippen LogP) is 2.03. The van der Waals surface area contributed by atoms with E-state index in [0.717, 1.165) is 4.52 Å². The van der Waals surface area contributed by atoms with E-state index in [1.54, 1.807) is 24.3 Å². The Kier molecular flexibility index (Phi) is 2.65. The maximum atomic E-state index is 12.2. The highest BCUT2D eigenvalue weighted by atomic mass is 35.5. The smallest absolute Gasteiger partial charge is 0.267 e. The zero-order valence-electron chi connectivity index (χ0n) is 8.97. The van der Waals surface area contributed by atoms with Crippen LogP contribution in [-0.2, 0) is 5.88 Å². The molecular formula is C11H6Cl2N4O. The summed E-state index contributed by atoms with van der Waals surface area (Å²) >= 11 is 11.6. The maximum Gasteiger partial charge on any atom is 0.282 e. The van der Waals surface area contributed by atoms with Crippen LogP contribution >= 0.6 is 23.2 Å². The number of benzene rings is 1. The lowest BCUT2D eigenvalue weighted by atomic mass is 10.2. The van der Waals surface area contributed by atoms with Gasteiger partial charge in [-0.05, 0) is 12.1 Å². The topological polar surface area (TPSA) is 60.2 Å². The first-order valence-corrected chi connectivity index (χ1v) is 6.02. The van der Waals surface area contributed by atoms with E-state index in [2.05, 4.69) is 15.1 Å². The highest BCUT2D eigenvalue weighted by Crippen LogP contribution is 2.14. The van der Waals surface area contributed by atoms with Crippen LogP contribution in [0.1, 0.15) is 5.82 Å². The molecule has 5 nitrogen and oxygen atoms in total. The monoisotopic (exact) mass is 280 g/mol. The molecule has 0 fully saturated rings. The molecule has 0 amide bonds. The molecule has 7 heteroatoms. The number of alkyl halides is 1. The van der Waals surface area contributed by atoms with Gasteiger partial charge in [0, 0.05) is 0 Å². The summed E-state index contributed by atoms with van der Waals surface area (Å²) < 4.78 is 1.13. The minimum absolute atomic E-state index is 0.0783. The van der Waals surface area contributed by atoms with Crippen molar-refractivity contribution in [1.82, 2.24) is 19.6 Å². The fraction of sp³-hybridized carbons (Fsp3) is 0.0909. The van der Waals surface area contributed by atoms with E-state index in [0.29, 0.717) is 10.9 Å². The molecule has 0 aliphatic carbocycles. The summed E-state index contributed by atoms with van der Waals surface area (Å²) in [5.74, 6) is 0.364. The summed E-state index contributed by atoms with van der Waals surface area (Å²) in [5, 5.41) is 4.61. The fourth-order valence-corrected chi connectivity index (χ4v) is 2.04. The van der Waals surface area contributed by atoms with E-state index < -0.39 is 0 Å². The quantitative estimate of drug-likeness (QED) is 0.506. The molecular weight excluding hydrogens is 275 g/mol. The van der Waals surface area contributed by atoms with Crippen molar-refractivity contribution < 1.29 is 0 Å². The number of rotatable bonds is 1. The number of fused-ring (bicyclic) bond motifs is 2. The molecule has 3 rings (SSSR count). The number of aromatic nitrogens is 4. The molecule has 2 aromatic heterocycles. The molecule has 0 saturated carbocycles. The highest BCUT2D eigenvalue weighted by molar-refractivity contribution is 6.32. The number of nitrogens with zero attached hydrogens (tertiary/aromatic N) is 4. The summed E-state index contributed by atoms with van der Waals surface area (Å²) in [5.41, 5.74) is 0.507. The van der Waals surface area contributed by atoms with Crippen molar-refractivity contribution in [3.05, 3.63) is 45.6 Å². The van der Waals surface area contributed by atoms with Crippen LogP contribution in [0.15, 0.2) is 29.1 Å². The van der Waals surface area contributed by atoms with Crippen LogP contribution < -0.4 is 5.56 Å². The van der Waals surface area contributed by atoms with E-state index in [1.807, 2.05) is 0 Å².